The van der Waals surface area contributed by atoms with Gasteiger partial charge in [-0.3, -0.25) is 9.59 Å². The molecule has 9 heteroatoms. The molecular formula is C14H14N2O6S. The highest BCUT2D eigenvalue weighted by atomic mass is 32.2. The summed E-state index contributed by atoms with van der Waals surface area (Å²) < 4.78 is 24.7. The van der Waals surface area contributed by atoms with Gasteiger partial charge in [-0.2, -0.15) is 4.31 Å². The Morgan fingerprint density at radius 1 is 1.09 bits per heavy atom. The minimum Gasteiger partial charge on any atom is -0.328 e. The van der Waals surface area contributed by atoms with Crippen LogP contribution >= 0.6 is 0 Å². The first-order chi connectivity index (χ1) is 10.9. The normalized spacial score (nSPS) is 20.4. The number of imide groups is 1. The number of benzene rings is 1. The van der Waals surface area contributed by atoms with Crippen molar-refractivity contribution < 1.29 is 27.6 Å². The number of carbonyl (C=O) groups is 3. The second kappa shape index (κ2) is 5.74. The molecule has 0 N–H and O–H groups in total. The van der Waals surface area contributed by atoms with Crippen molar-refractivity contribution in [2.75, 3.05) is 18.8 Å². The summed E-state index contributed by atoms with van der Waals surface area (Å²) in [6, 6.07) is 6.10. The Hall–Kier alpha value is -2.26. The topological polar surface area (TPSA) is 101 Å². The van der Waals surface area contributed by atoms with Gasteiger partial charge in [0.2, 0.25) is 10.0 Å². The van der Waals surface area contributed by atoms with Gasteiger partial charge in [-0.25, -0.2) is 13.2 Å². The molecule has 2 heterocycles. The van der Waals surface area contributed by atoms with Crippen molar-refractivity contribution in [2.45, 2.75) is 12.8 Å². The van der Waals surface area contributed by atoms with Gasteiger partial charge in [0.1, 0.15) is 6.54 Å². The second-order valence-electron chi connectivity index (χ2n) is 5.27. The summed E-state index contributed by atoms with van der Waals surface area (Å²) >= 11 is 0. The Morgan fingerprint density at radius 3 is 2.26 bits per heavy atom. The monoisotopic (exact) mass is 338 g/mol. The van der Waals surface area contributed by atoms with Crippen LogP contribution < -0.4 is 0 Å². The molecule has 1 aromatic carbocycles. The van der Waals surface area contributed by atoms with Crippen LogP contribution in [0.25, 0.3) is 0 Å². The number of fused-ring (bicyclic) bond motifs is 1. The lowest BCUT2D eigenvalue weighted by atomic mass is 10.1. The molecule has 1 fully saturated rings. The van der Waals surface area contributed by atoms with Gasteiger partial charge in [-0.15, -0.1) is 0 Å². The number of carbonyl (C=O) groups excluding carboxylic acids is 3. The van der Waals surface area contributed by atoms with E-state index in [1.807, 2.05) is 0 Å². The van der Waals surface area contributed by atoms with Crippen LogP contribution in [0.2, 0.25) is 0 Å². The van der Waals surface area contributed by atoms with Crippen molar-refractivity contribution >= 4 is 27.8 Å². The summed E-state index contributed by atoms with van der Waals surface area (Å²) in [5.74, 6) is -2.46. The zero-order valence-electron chi connectivity index (χ0n) is 12.1. The fraction of sp³-hybridized carbons (Fsp3) is 0.357. The van der Waals surface area contributed by atoms with E-state index in [2.05, 4.69) is 0 Å². The van der Waals surface area contributed by atoms with E-state index < -0.39 is 34.4 Å². The minimum atomic E-state index is -3.49. The first-order valence-electron chi connectivity index (χ1n) is 7.06. The van der Waals surface area contributed by atoms with Gasteiger partial charge in [0, 0.05) is 6.54 Å². The predicted octanol–water partition coefficient (Wildman–Crippen LogP) is 0.166. The quantitative estimate of drug-likeness (QED) is 0.728. The molecule has 2 aliphatic heterocycles. The average molecular weight is 338 g/mol. The fourth-order valence-corrected chi connectivity index (χ4v) is 4.08. The summed E-state index contributed by atoms with van der Waals surface area (Å²) in [5, 5.41) is 0.379. The van der Waals surface area contributed by atoms with E-state index in [0.29, 0.717) is 17.9 Å². The molecule has 0 radical (unpaired) electrons. The maximum Gasteiger partial charge on any atom is 0.348 e. The molecule has 0 atom stereocenters. The van der Waals surface area contributed by atoms with E-state index in [9.17, 15) is 22.8 Å². The third kappa shape index (κ3) is 2.84. The zero-order valence-corrected chi connectivity index (χ0v) is 12.9. The molecule has 23 heavy (non-hydrogen) atoms. The van der Waals surface area contributed by atoms with Crippen molar-refractivity contribution in [1.82, 2.24) is 9.37 Å². The molecule has 0 unspecified atom stereocenters. The van der Waals surface area contributed by atoms with Crippen molar-refractivity contribution in [2.24, 2.45) is 0 Å². The highest BCUT2D eigenvalue weighted by Gasteiger charge is 2.39. The van der Waals surface area contributed by atoms with Gasteiger partial charge in [0.25, 0.3) is 11.8 Å². The fourth-order valence-electron chi connectivity index (χ4n) is 2.54. The van der Waals surface area contributed by atoms with Crippen molar-refractivity contribution in [3.05, 3.63) is 35.4 Å². The molecule has 122 valence electrons. The van der Waals surface area contributed by atoms with Gasteiger partial charge >= 0.3 is 5.97 Å². The van der Waals surface area contributed by atoms with Gasteiger partial charge in [0.05, 0.1) is 16.9 Å². The minimum absolute atomic E-state index is 0.0205. The second-order valence-corrected chi connectivity index (χ2v) is 7.36. The number of nitrogens with zero attached hydrogens (tertiary/aromatic N) is 2. The molecule has 1 aromatic rings. The number of hydrogen-bond acceptors (Lipinski definition) is 6. The summed E-state index contributed by atoms with van der Waals surface area (Å²) in [6.07, 6.45) is 1.20. The molecule has 8 nitrogen and oxygen atoms in total. The number of sulfonamides is 1. The van der Waals surface area contributed by atoms with Crippen molar-refractivity contribution in [3.8, 4) is 0 Å². The first-order valence-corrected chi connectivity index (χ1v) is 8.67. The lowest BCUT2D eigenvalue weighted by Gasteiger charge is -2.25. The smallest absolute Gasteiger partial charge is 0.328 e. The van der Waals surface area contributed by atoms with E-state index in [4.69, 9.17) is 4.84 Å². The molecular weight excluding hydrogens is 324 g/mol. The van der Waals surface area contributed by atoms with Crippen LogP contribution in [0, 0.1) is 0 Å². The van der Waals surface area contributed by atoms with Crippen LogP contribution in [-0.4, -0.2) is 54.4 Å². The highest BCUT2D eigenvalue weighted by Crippen LogP contribution is 2.23. The largest absolute Gasteiger partial charge is 0.348 e. The third-order valence-electron chi connectivity index (χ3n) is 3.71. The van der Waals surface area contributed by atoms with Gasteiger partial charge in [-0.1, -0.05) is 17.2 Å². The number of hydroxylamine groups is 2. The van der Waals surface area contributed by atoms with E-state index in [1.165, 1.54) is 12.1 Å². The van der Waals surface area contributed by atoms with E-state index in [1.54, 1.807) is 12.1 Å². The van der Waals surface area contributed by atoms with Crippen molar-refractivity contribution in [3.63, 3.8) is 0 Å². The maximum absolute atomic E-state index is 12.1. The summed E-state index contributed by atoms with van der Waals surface area (Å²) in [4.78, 5) is 40.8. The Morgan fingerprint density at radius 2 is 1.70 bits per heavy atom. The number of rotatable bonds is 3. The molecule has 0 aromatic heterocycles. The molecule has 3 rings (SSSR count). The highest BCUT2D eigenvalue weighted by molar-refractivity contribution is 7.89. The maximum atomic E-state index is 12.1. The lowest BCUT2D eigenvalue weighted by Crippen LogP contribution is -2.43. The lowest BCUT2D eigenvalue weighted by molar-refractivity contribution is -0.168. The summed E-state index contributed by atoms with van der Waals surface area (Å²) in [6.45, 7) is -0.296. The van der Waals surface area contributed by atoms with Crippen LogP contribution in [0.15, 0.2) is 24.3 Å². The van der Waals surface area contributed by atoms with Crippen LogP contribution in [0.5, 0.6) is 0 Å². The van der Waals surface area contributed by atoms with E-state index in [-0.39, 0.29) is 23.4 Å². The van der Waals surface area contributed by atoms with Gasteiger partial charge < -0.3 is 4.84 Å². The predicted molar refractivity (Wildman–Crippen MR) is 77.6 cm³/mol. The first kappa shape index (κ1) is 15.6. The Balaban J connectivity index is 1.70. The standard InChI is InChI=1S/C14H14N2O6S/c17-12(9-15-7-3-4-8-23(15,20)21)22-16-13(18)10-5-1-2-6-11(10)14(16)19/h1-2,5-6H,3-4,7-9H2. The summed E-state index contributed by atoms with van der Waals surface area (Å²) in [5.41, 5.74) is 0.298. The third-order valence-corrected chi connectivity index (χ3v) is 5.61. The summed E-state index contributed by atoms with van der Waals surface area (Å²) in [7, 11) is -3.49. The Labute approximate surface area is 132 Å². The van der Waals surface area contributed by atoms with E-state index >= 15 is 0 Å². The number of amides is 2. The molecule has 2 aliphatic rings. The molecule has 0 spiro atoms. The molecule has 0 bridgehead atoms. The van der Waals surface area contributed by atoms with Gasteiger partial charge in [-0.05, 0) is 25.0 Å². The SMILES string of the molecule is O=C(CN1CCCCS1(=O)=O)ON1C(=O)c2ccccc2C1=O. The molecule has 0 saturated carbocycles. The zero-order chi connectivity index (χ0) is 16.6. The Kier molecular flexibility index (Phi) is 3.90. The van der Waals surface area contributed by atoms with Crippen molar-refractivity contribution in [1.29, 1.82) is 0 Å². The molecule has 0 aliphatic carbocycles. The average Bonchev–Trinajstić information content (AvgIpc) is 2.75. The van der Waals surface area contributed by atoms with Gasteiger partial charge in [0.15, 0.2) is 0 Å². The van der Waals surface area contributed by atoms with Crippen LogP contribution in [-0.2, 0) is 19.7 Å². The van der Waals surface area contributed by atoms with Crippen LogP contribution in [0.4, 0.5) is 0 Å². The van der Waals surface area contributed by atoms with Crippen LogP contribution in [0.3, 0.4) is 0 Å². The molecule has 1 saturated heterocycles. The van der Waals surface area contributed by atoms with Crippen LogP contribution in [0.1, 0.15) is 33.6 Å². The number of hydrogen-bond donors (Lipinski definition) is 0. The van der Waals surface area contributed by atoms with E-state index in [0.717, 1.165) is 4.31 Å². The molecule has 2 amide bonds. The Bertz CT molecular complexity index is 753.